The third-order valence-corrected chi connectivity index (χ3v) is 1.48. The summed E-state index contributed by atoms with van der Waals surface area (Å²) in [5, 5.41) is 0. The summed E-state index contributed by atoms with van der Waals surface area (Å²) >= 11 is 0. The van der Waals surface area contributed by atoms with E-state index in [-0.39, 0.29) is 11.3 Å². The van der Waals surface area contributed by atoms with Crippen molar-refractivity contribution in [3.05, 3.63) is 23.8 Å². The Morgan fingerprint density at radius 2 is 2.13 bits per heavy atom. The molecule has 0 saturated heterocycles. The van der Waals surface area contributed by atoms with Crippen molar-refractivity contribution >= 4 is 11.7 Å². The monoisotopic (exact) mass is 212 g/mol. The molecule has 0 fully saturated rings. The normalized spacial score (nSPS) is 11.2. The fraction of sp³-hybridized carbons (Fsp3) is 0.400. The van der Waals surface area contributed by atoms with Crippen LogP contribution in [-0.4, -0.2) is 16.6 Å². The van der Waals surface area contributed by atoms with E-state index in [4.69, 9.17) is 10.5 Å². The van der Waals surface area contributed by atoms with Crippen molar-refractivity contribution < 1.29 is 13.9 Å². The maximum Gasteiger partial charge on any atom is 0.343 e. The average molecular weight is 212 g/mol. The van der Waals surface area contributed by atoms with Crippen LogP contribution in [0.5, 0.6) is 0 Å². The highest BCUT2D eigenvalue weighted by Crippen LogP contribution is 2.15. The van der Waals surface area contributed by atoms with E-state index in [0.717, 1.165) is 6.20 Å². The minimum Gasteiger partial charge on any atom is -0.456 e. The Kier molecular flexibility index (Phi) is 2.93. The number of anilines is 1. The second kappa shape index (κ2) is 3.84. The van der Waals surface area contributed by atoms with Crippen molar-refractivity contribution in [2.45, 2.75) is 26.4 Å². The van der Waals surface area contributed by atoms with E-state index in [0.29, 0.717) is 0 Å². The minimum absolute atomic E-state index is 0.220. The Bertz CT molecular complexity index is 385. The number of hydrogen-bond donors (Lipinski definition) is 1. The molecule has 0 unspecified atom stereocenters. The molecule has 1 rings (SSSR count). The molecule has 0 aliphatic carbocycles. The van der Waals surface area contributed by atoms with Gasteiger partial charge in [-0.15, -0.1) is 0 Å². The summed E-state index contributed by atoms with van der Waals surface area (Å²) in [4.78, 5) is 14.8. The number of esters is 1. The number of pyridine rings is 1. The number of nitrogens with zero attached hydrogens (tertiary/aromatic N) is 1. The number of aromatic nitrogens is 1. The fourth-order valence-corrected chi connectivity index (χ4v) is 0.940. The fourth-order valence-electron chi connectivity index (χ4n) is 0.940. The molecule has 1 heterocycles. The molecule has 0 aromatic carbocycles. The number of nitrogens with two attached hydrogens (primary N) is 1. The molecule has 4 nitrogen and oxygen atoms in total. The van der Waals surface area contributed by atoms with Crippen molar-refractivity contribution in [3.63, 3.8) is 0 Å². The zero-order valence-corrected chi connectivity index (χ0v) is 8.87. The highest BCUT2D eigenvalue weighted by atomic mass is 19.1. The summed E-state index contributed by atoms with van der Waals surface area (Å²) in [7, 11) is 0. The lowest BCUT2D eigenvalue weighted by Gasteiger charge is -2.19. The Morgan fingerprint density at radius 1 is 1.53 bits per heavy atom. The van der Waals surface area contributed by atoms with Gasteiger partial charge in [-0.2, -0.15) is 4.39 Å². The summed E-state index contributed by atoms with van der Waals surface area (Å²) < 4.78 is 18.1. The predicted octanol–water partition coefficient (Wildman–Crippen LogP) is 1.76. The summed E-state index contributed by atoms with van der Waals surface area (Å²) in [6, 6.07) is 1.20. The summed E-state index contributed by atoms with van der Waals surface area (Å²) in [6.07, 6.45) is 1.14. The average Bonchev–Trinajstić information content (AvgIpc) is 2.06. The predicted molar refractivity (Wildman–Crippen MR) is 53.8 cm³/mol. The number of halogens is 1. The number of carbonyl (C=O) groups is 1. The van der Waals surface area contributed by atoms with Crippen LogP contribution in [0.25, 0.3) is 0 Å². The van der Waals surface area contributed by atoms with Gasteiger partial charge in [0, 0.05) is 0 Å². The molecule has 2 N–H and O–H groups in total. The smallest absolute Gasteiger partial charge is 0.343 e. The molecular formula is C10H13FN2O2. The van der Waals surface area contributed by atoms with Crippen LogP contribution in [0, 0.1) is 5.95 Å². The molecule has 82 valence electrons. The Hall–Kier alpha value is -1.65. The lowest BCUT2D eigenvalue weighted by Crippen LogP contribution is -2.24. The number of carbonyl (C=O) groups excluding carboxylic acids is 1. The first-order chi connectivity index (χ1) is 6.79. The van der Waals surface area contributed by atoms with E-state index in [9.17, 15) is 9.18 Å². The van der Waals surface area contributed by atoms with Crippen LogP contribution >= 0.6 is 0 Å². The highest BCUT2D eigenvalue weighted by molar-refractivity contribution is 5.90. The van der Waals surface area contributed by atoms with Crippen LogP contribution in [0.1, 0.15) is 31.1 Å². The molecular weight excluding hydrogens is 199 g/mol. The molecule has 1 aromatic heterocycles. The van der Waals surface area contributed by atoms with E-state index in [1.807, 2.05) is 0 Å². The molecule has 0 spiro atoms. The number of hydrogen-bond acceptors (Lipinski definition) is 4. The number of rotatable bonds is 1. The lowest BCUT2D eigenvalue weighted by atomic mass is 10.2. The summed E-state index contributed by atoms with van der Waals surface area (Å²) in [5.41, 5.74) is 4.69. The maximum absolute atomic E-state index is 13.1. The van der Waals surface area contributed by atoms with Gasteiger partial charge in [0.25, 0.3) is 0 Å². The number of nitrogen functional groups attached to an aromatic ring is 1. The van der Waals surface area contributed by atoms with Gasteiger partial charge in [0.2, 0.25) is 5.95 Å². The van der Waals surface area contributed by atoms with Crippen molar-refractivity contribution in [1.29, 1.82) is 0 Å². The van der Waals surface area contributed by atoms with Crippen molar-refractivity contribution in [1.82, 2.24) is 4.98 Å². The Morgan fingerprint density at radius 3 is 2.67 bits per heavy atom. The van der Waals surface area contributed by atoms with Crippen molar-refractivity contribution in [2.75, 3.05) is 5.73 Å². The topological polar surface area (TPSA) is 65.2 Å². The van der Waals surface area contributed by atoms with Gasteiger partial charge in [0.1, 0.15) is 11.2 Å². The largest absolute Gasteiger partial charge is 0.456 e. The van der Waals surface area contributed by atoms with Crippen LogP contribution in [0.15, 0.2) is 12.3 Å². The first kappa shape index (κ1) is 11.4. The van der Waals surface area contributed by atoms with Gasteiger partial charge in [-0.3, -0.25) is 0 Å². The van der Waals surface area contributed by atoms with Gasteiger partial charge in [-0.05, 0) is 26.8 Å². The molecule has 0 bridgehead atoms. The lowest BCUT2D eigenvalue weighted by molar-refractivity contribution is 0.00638. The molecule has 5 heteroatoms. The van der Waals surface area contributed by atoms with Crippen LogP contribution in [-0.2, 0) is 4.74 Å². The Labute approximate surface area is 87.3 Å². The highest BCUT2D eigenvalue weighted by Gasteiger charge is 2.21. The second-order valence-electron chi connectivity index (χ2n) is 4.11. The van der Waals surface area contributed by atoms with Crippen LogP contribution in [0.2, 0.25) is 0 Å². The zero-order valence-electron chi connectivity index (χ0n) is 8.87. The van der Waals surface area contributed by atoms with Crippen molar-refractivity contribution in [3.8, 4) is 0 Å². The van der Waals surface area contributed by atoms with Gasteiger partial charge in [0.15, 0.2) is 0 Å². The summed E-state index contributed by atoms with van der Waals surface area (Å²) in [5.74, 6) is -1.64. The second-order valence-corrected chi connectivity index (χ2v) is 4.11. The zero-order chi connectivity index (χ0) is 11.6. The molecule has 0 aliphatic rings. The van der Waals surface area contributed by atoms with Gasteiger partial charge in [-0.25, -0.2) is 9.78 Å². The summed E-state index contributed by atoms with van der Waals surface area (Å²) in [6.45, 7) is 5.09. The molecule has 0 aliphatic heterocycles. The molecule has 0 saturated carbocycles. The van der Waals surface area contributed by atoms with E-state index in [1.54, 1.807) is 20.8 Å². The van der Waals surface area contributed by atoms with Gasteiger partial charge in [0.05, 0.1) is 11.9 Å². The van der Waals surface area contributed by atoms with Crippen LogP contribution < -0.4 is 5.73 Å². The quantitative estimate of drug-likeness (QED) is 0.569. The van der Waals surface area contributed by atoms with Crippen LogP contribution in [0.4, 0.5) is 10.1 Å². The van der Waals surface area contributed by atoms with Gasteiger partial charge in [-0.1, -0.05) is 0 Å². The van der Waals surface area contributed by atoms with E-state index in [2.05, 4.69) is 4.98 Å². The van der Waals surface area contributed by atoms with Crippen LogP contribution in [0.3, 0.4) is 0 Å². The van der Waals surface area contributed by atoms with Gasteiger partial charge < -0.3 is 10.5 Å². The van der Waals surface area contributed by atoms with E-state index in [1.165, 1.54) is 6.07 Å². The molecule has 0 radical (unpaired) electrons. The molecule has 0 amide bonds. The minimum atomic E-state index is -0.876. The Balaban J connectivity index is 2.96. The number of ether oxygens (including phenoxy) is 1. The molecule has 1 aromatic rings. The van der Waals surface area contributed by atoms with Gasteiger partial charge >= 0.3 is 5.97 Å². The van der Waals surface area contributed by atoms with E-state index >= 15 is 0 Å². The van der Waals surface area contributed by atoms with Crippen molar-refractivity contribution in [2.24, 2.45) is 0 Å². The maximum atomic E-state index is 13.1. The standard InChI is InChI=1S/C10H13FN2O2/c1-10(2,3)15-9(14)7-4-6(12)5-13-8(7)11/h4-5H,12H2,1-3H3. The molecule has 15 heavy (non-hydrogen) atoms. The third kappa shape index (κ3) is 3.19. The third-order valence-electron chi connectivity index (χ3n) is 1.48. The first-order valence-corrected chi connectivity index (χ1v) is 4.44. The van der Waals surface area contributed by atoms with E-state index < -0.39 is 17.5 Å². The molecule has 0 atom stereocenters. The first-order valence-electron chi connectivity index (χ1n) is 4.44. The SMILES string of the molecule is CC(C)(C)OC(=O)c1cc(N)cnc1F.